The van der Waals surface area contributed by atoms with Crippen LogP contribution in [0.5, 0.6) is 40.2 Å². The van der Waals surface area contributed by atoms with E-state index < -0.39 is 11.8 Å². The fourth-order valence-corrected chi connectivity index (χ4v) is 6.65. The van der Waals surface area contributed by atoms with Crippen LogP contribution in [0.1, 0.15) is 122 Å². The minimum absolute atomic E-state index is 0.0201. The van der Waals surface area contributed by atoms with Crippen LogP contribution in [0.15, 0.2) is 54.6 Å². The molecule has 0 bridgehead atoms. The Morgan fingerprint density at radius 2 is 0.661 bits per heavy atom. The van der Waals surface area contributed by atoms with Crippen LogP contribution in [0.3, 0.4) is 0 Å². The highest BCUT2D eigenvalue weighted by molar-refractivity contribution is 6.26. The van der Waals surface area contributed by atoms with Crippen molar-refractivity contribution in [3.8, 4) is 40.2 Å². The largest absolute Gasteiger partial charge is 0.491 e. The zero-order valence-electron chi connectivity index (χ0n) is 35.7. The molecule has 0 fully saturated rings. The van der Waals surface area contributed by atoms with Gasteiger partial charge in [0.05, 0.1) is 51.8 Å². The molecule has 5 aromatic carbocycles. The van der Waals surface area contributed by atoms with Gasteiger partial charge in [-0.15, -0.1) is 0 Å². The van der Waals surface area contributed by atoms with Gasteiger partial charge in [-0.3, -0.25) is 0 Å². The van der Waals surface area contributed by atoms with Gasteiger partial charge in [-0.05, 0) is 132 Å². The first kappa shape index (κ1) is 45.0. The van der Waals surface area contributed by atoms with E-state index in [1.54, 1.807) is 0 Å². The van der Waals surface area contributed by atoms with Gasteiger partial charge in [0.2, 0.25) is 0 Å². The minimum Gasteiger partial charge on any atom is -0.491 e. The summed E-state index contributed by atoms with van der Waals surface area (Å²) < 4.78 is 58.7. The summed E-state index contributed by atoms with van der Waals surface area (Å²) in [5.41, 5.74) is -0.126. The number of carboxylic acids is 1. The molecule has 0 saturated carbocycles. The van der Waals surface area contributed by atoms with Crippen molar-refractivity contribution >= 4 is 38.3 Å². The maximum Gasteiger partial charge on any atom is 0.335 e. The third-order valence-corrected chi connectivity index (χ3v) is 10.1. The van der Waals surface area contributed by atoms with Crippen molar-refractivity contribution in [1.29, 1.82) is 0 Å². The molecule has 0 spiro atoms. The maximum absolute atomic E-state index is 14.4. The van der Waals surface area contributed by atoms with Crippen LogP contribution in [0.2, 0.25) is 0 Å². The van der Waals surface area contributed by atoms with Crippen LogP contribution in [0.25, 0.3) is 32.3 Å². The number of hydrogen-bond acceptors (Lipinski definition) is 8. The van der Waals surface area contributed by atoms with Crippen LogP contribution in [0.4, 0.5) is 4.39 Å². The molecule has 59 heavy (non-hydrogen) atoms. The smallest absolute Gasteiger partial charge is 0.335 e. The van der Waals surface area contributed by atoms with Gasteiger partial charge in [-0.25, -0.2) is 9.18 Å². The summed E-state index contributed by atoms with van der Waals surface area (Å²) in [5, 5.41) is 15.1. The third kappa shape index (κ3) is 12.2. The van der Waals surface area contributed by atoms with E-state index in [0.29, 0.717) is 69.7 Å². The second kappa shape index (κ2) is 23.5. The fourth-order valence-electron chi connectivity index (χ4n) is 6.65. The number of ether oxygens (including phenoxy) is 7. The number of carbonyl (C=O) groups is 1. The molecule has 0 unspecified atom stereocenters. The van der Waals surface area contributed by atoms with Crippen LogP contribution >= 0.6 is 0 Å². The minimum atomic E-state index is -1.19. The summed E-state index contributed by atoms with van der Waals surface area (Å²) in [6.07, 6.45) is 10.9. The molecule has 0 aliphatic rings. The molecule has 320 valence electrons. The van der Waals surface area contributed by atoms with Crippen molar-refractivity contribution < 1.29 is 47.4 Å². The zero-order valence-corrected chi connectivity index (χ0v) is 35.7. The molecule has 0 aliphatic carbocycles. The molecule has 10 heteroatoms. The summed E-state index contributed by atoms with van der Waals surface area (Å²) in [5.74, 6) is 2.27. The molecule has 0 amide bonds. The highest BCUT2D eigenvalue weighted by Gasteiger charge is 2.21. The van der Waals surface area contributed by atoms with Gasteiger partial charge in [-0.1, -0.05) is 66.7 Å². The van der Waals surface area contributed by atoms with Gasteiger partial charge in [0.15, 0.2) is 46.1 Å². The number of benzene rings is 5. The van der Waals surface area contributed by atoms with Crippen molar-refractivity contribution in [2.24, 2.45) is 0 Å². The second-order valence-corrected chi connectivity index (χ2v) is 14.9. The average molecular weight is 815 g/mol. The molecular formula is C49H63FO9. The Morgan fingerprint density at radius 1 is 0.407 bits per heavy atom. The van der Waals surface area contributed by atoms with Gasteiger partial charge < -0.3 is 38.3 Å². The highest BCUT2D eigenvalue weighted by Crippen LogP contribution is 2.47. The molecule has 9 nitrogen and oxygen atoms in total. The summed E-state index contributed by atoms with van der Waals surface area (Å²) in [6.45, 7) is 14.3. The molecule has 0 radical (unpaired) electrons. The normalized spacial score (nSPS) is 11.3. The lowest BCUT2D eigenvalue weighted by molar-refractivity contribution is 0.0696. The number of unbranched alkanes of at least 4 members (excludes halogenated alkanes) is 6. The van der Waals surface area contributed by atoms with Crippen LogP contribution in [-0.2, 0) is 0 Å². The highest BCUT2D eigenvalue weighted by atomic mass is 19.1. The molecule has 0 atom stereocenters. The molecule has 5 rings (SSSR count). The predicted octanol–water partition coefficient (Wildman–Crippen LogP) is 13.1. The summed E-state index contributed by atoms with van der Waals surface area (Å²) >= 11 is 0. The average Bonchev–Trinajstić information content (AvgIpc) is 3.23. The lowest BCUT2D eigenvalue weighted by Crippen LogP contribution is -2.06. The first-order valence-corrected chi connectivity index (χ1v) is 21.8. The quantitative estimate of drug-likeness (QED) is 0.0390. The van der Waals surface area contributed by atoms with Gasteiger partial charge >= 0.3 is 5.97 Å². The monoisotopic (exact) mass is 814 g/mol. The van der Waals surface area contributed by atoms with Gasteiger partial charge in [-0.2, -0.15) is 0 Å². The number of halogens is 1. The molecule has 0 heterocycles. The molecular weight excluding hydrogens is 752 g/mol. The Labute approximate surface area is 349 Å². The Balaban J connectivity index is 1.59. The van der Waals surface area contributed by atoms with E-state index in [2.05, 4.69) is 71.0 Å². The lowest BCUT2D eigenvalue weighted by Gasteiger charge is -2.20. The van der Waals surface area contributed by atoms with E-state index in [0.717, 1.165) is 120 Å². The van der Waals surface area contributed by atoms with Crippen molar-refractivity contribution in [3.05, 3.63) is 66.0 Å². The molecule has 1 N–H and O–H groups in total. The van der Waals surface area contributed by atoms with E-state index in [1.807, 2.05) is 0 Å². The molecule has 0 saturated heterocycles. The summed E-state index contributed by atoms with van der Waals surface area (Å²) in [4.78, 5) is 11.2. The first-order chi connectivity index (χ1) is 28.8. The number of rotatable bonds is 28. The summed E-state index contributed by atoms with van der Waals surface area (Å²) in [7, 11) is 0. The lowest BCUT2D eigenvalue weighted by atomic mass is 9.93. The standard InChI is InChI=1S/C49H63FO9/c1-6-11-20-54-43-28-35-36-29-44(55-21-12-7-2)46(57-23-14-9-4)31-38(36)40-33-48(59-26-17-16-25-53-42-19-18-34(49(51)52)27-41(42)50)47(58-24-15-10-5)32-39(40)37(35)30-45(43)56-22-13-8-3/h18-19,27-33H,6-17,20-26H2,1-5H3,(H,51,52). The topological polar surface area (TPSA) is 102 Å². The first-order valence-electron chi connectivity index (χ1n) is 21.8. The number of carboxylic acid groups (broad SMARTS) is 1. The second-order valence-electron chi connectivity index (χ2n) is 14.9. The molecule has 0 aromatic heterocycles. The van der Waals surface area contributed by atoms with E-state index in [4.69, 9.17) is 38.3 Å². The van der Waals surface area contributed by atoms with Crippen molar-refractivity contribution in [2.75, 3.05) is 46.2 Å². The van der Waals surface area contributed by atoms with Crippen LogP contribution in [0, 0.1) is 5.82 Å². The van der Waals surface area contributed by atoms with Gasteiger partial charge in [0, 0.05) is 0 Å². The molecule has 5 aromatic rings. The van der Waals surface area contributed by atoms with E-state index in [1.165, 1.54) is 12.1 Å². The predicted molar refractivity (Wildman–Crippen MR) is 235 cm³/mol. The van der Waals surface area contributed by atoms with Crippen molar-refractivity contribution in [3.63, 3.8) is 0 Å². The van der Waals surface area contributed by atoms with Crippen LogP contribution in [-0.4, -0.2) is 57.3 Å². The Hall–Kier alpha value is -5.12. The van der Waals surface area contributed by atoms with Crippen molar-refractivity contribution in [1.82, 2.24) is 0 Å². The maximum atomic E-state index is 14.4. The van der Waals surface area contributed by atoms with Gasteiger partial charge in [0.1, 0.15) is 0 Å². The van der Waals surface area contributed by atoms with Crippen molar-refractivity contribution in [2.45, 2.75) is 112 Å². The SMILES string of the molecule is CCCCOc1cc2c3cc(OCCCC)c(OCCCC)cc3c3cc(OCCCCOc4ccc(C(=O)O)cc4F)c(OCCCC)cc3c2cc1OCCCC. The Kier molecular flexibility index (Phi) is 17.9. The van der Waals surface area contributed by atoms with Crippen LogP contribution < -0.4 is 33.2 Å². The Morgan fingerprint density at radius 3 is 0.898 bits per heavy atom. The fraction of sp³-hybridized carbons (Fsp3) is 0.490. The number of fused-ring (bicyclic) bond motifs is 6. The Bertz CT molecular complexity index is 2070. The third-order valence-electron chi connectivity index (χ3n) is 10.1. The zero-order chi connectivity index (χ0) is 42.0. The summed E-state index contributed by atoms with van der Waals surface area (Å²) in [6, 6.07) is 16.3. The van der Waals surface area contributed by atoms with Gasteiger partial charge in [0.25, 0.3) is 0 Å². The number of hydrogen-bond donors (Lipinski definition) is 1. The van der Waals surface area contributed by atoms with E-state index >= 15 is 0 Å². The molecule has 0 aliphatic heterocycles. The van der Waals surface area contributed by atoms with E-state index in [-0.39, 0.29) is 17.9 Å². The van der Waals surface area contributed by atoms with E-state index in [9.17, 15) is 9.18 Å². The number of aromatic carboxylic acids is 1.